The van der Waals surface area contributed by atoms with Gasteiger partial charge in [-0.25, -0.2) is 9.37 Å². The summed E-state index contributed by atoms with van der Waals surface area (Å²) >= 11 is 1.19. The average Bonchev–Trinajstić information content (AvgIpc) is 2.89. The lowest BCUT2D eigenvalue weighted by Gasteiger charge is -2.13. The molecule has 0 aliphatic rings. The molecule has 3 aromatic carbocycles. The van der Waals surface area contributed by atoms with Gasteiger partial charge in [0.05, 0.1) is 23.6 Å². The smallest absolute Gasteiger partial charge is 0.234 e. The minimum atomic E-state index is -0.375. The van der Waals surface area contributed by atoms with E-state index in [0.29, 0.717) is 28.6 Å². The van der Waals surface area contributed by atoms with Crippen molar-refractivity contribution >= 4 is 23.4 Å². The van der Waals surface area contributed by atoms with Gasteiger partial charge in [-0.1, -0.05) is 42.1 Å². The van der Waals surface area contributed by atoms with Gasteiger partial charge in [-0.2, -0.15) is 5.26 Å². The molecule has 0 saturated heterocycles. The van der Waals surface area contributed by atoms with Crippen LogP contribution in [0, 0.1) is 17.1 Å². The van der Waals surface area contributed by atoms with Crippen molar-refractivity contribution in [2.45, 2.75) is 11.9 Å². The molecule has 1 aromatic heterocycles. The molecule has 0 aliphatic carbocycles. The van der Waals surface area contributed by atoms with Crippen molar-refractivity contribution in [2.75, 3.05) is 17.7 Å². The summed E-state index contributed by atoms with van der Waals surface area (Å²) in [5, 5.41) is 13.2. The first-order valence-corrected chi connectivity index (χ1v) is 12.0. The maximum absolute atomic E-state index is 13.1. The van der Waals surface area contributed by atoms with Crippen molar-refractivity contribution < 1.29 is 13.9 Å². The van der Waals surface area contributed by atoms with Gasteiger partial charge in [0, 0.05) is 16.8 Å². The average molecular weight is 484 g/mol. The van der Waals surface area contributed by atoms with E-state index in [-0.39, 0.29) is 17.5 Å². The molecule has 1 heterocycles. The van der Waals surface area contributed by atoms with Crippen LogP contribution in [0.4, 0.5) is 10.1 Å². The highest BCUT2D eigenvalue weighted by molar-refractivity contribution is 8.00. The number of amides is 1. The number of pyridine rings is 1. The van der Waals surface area contributed by atoms with E-state index in [1.165, 1.54) is 36.0 Å². The van der Waals surface area contributed by atoms with Gasteiger partial charge in [-0.05, 0) is 67.1 Å². The molecule has 0 spiro atoms. The highest BCUT2D eigenvalue weighted by Gasteiger charge is 2.17. The fraction of sp³-hybridized carbons (Fsp3) is 0.107. The van der Waals surface area contributed by atoms with Crippen LogP contribution in [0.1, 0.15) is 12.5 Å². The lowest BCUT2D eigenvalue weighted by Crippen LogP contribution is -2.14. The van der Waals surface area contributed by atoms with Crippen LogP contribution in [0.5, 0.6) is 5.75 Å². The molecule has 5 nitrogen and oxygen atoms in total. The fourth-order valence-electron chi connectivity index (χ4n) is 3.48. The van der Waals surface area contributed by atoms with Crippen molar-refractivity contribution in [3.63, 3.8) is 0 Å². The van der Waals surface area contributed by atoms with E-state index in [2.05, 4.69) is 11.4 Å². The van der Waals surface area contributed by atoms with Crippen LogP contribution in [-0.2, 0) is 4.79 Å². The first-order valence-electron chi connectivity index (χ1n) is 11.0. The Hall–Kier alpha value is -4.15. The number of nitriles is 1. The number of carbonyl (C=O) groups excluding carboxylic acids is 1. The van der Waals surface area contributed by atoms with E-state index in [0.717, 1.165) is 22.4 Å². The van der Waals surface area contributed by atoms with Crippen LogP contribution in [0.25, 0.3) is 22.4 Å². The van der Waals surface area contributed by atoms with Crippen LogP contribution in [0.15, 0.2) is 90.0 Å². The highest BCUT2D eigenvalue weighted by Crippen LogP contribution is 2.34. The third-order valence-corrected chi connectivity index (χ3v) is 6.09. The van der Waals surface area contributed by atoms with E-state index in [4.69, 9.17) is 9.72 Å². The lowest BCUT2D eigenvalue weighted by atomic mass is 9.99. The molecule has 174 valence electrons. The van der Waals surface area contributed by atoms with Crippen molar-refractivity contribution in [1.29, 1.82) is 5.26 Å². The Labute approximate surface area is 207 Å². The van der Waals surface area contributed by atoms with Crippen molar-refractivity contribution in [3.8, 4) is 34.2 Å². The Bertz CT molecular complexity index is 1350. The van der Waals surface area contributed by atoms with E-state index in [1.54, 1.807) is 0 Å². The molecule has 4 rings (SSSR count). The number of aromatic nitrogens is 1. The summed E-state index contributed by atoms with van der Waals surface area (Å²) in [5.41, 5.74) is 4.09. The number of halogens is 1. The van der Waals surface area contributed by atoms with Crippen molar-refractivity contribution in [3.05, 3.63) is 96.3 Å². The van der Waals surface area contributed by atoms with Gasteiger partial charge in [0.15, 0.2) is 0 Å². The van der Waals surface area contributed by atoms with Crippen LogP contribution < -0.4 is 10.1 Å². The molecule has 0 atom stereocenters. The third-order valence-electron chi connectivity index (χ3n) is 5.11. The fourth-order valence-corrected chi connectivity index (χ4v) is 4.28. The largest absolute Gasteiger partial charge is 0.494 e. The second-order valence-electron chi connectivity index (χ2n) is 7.51. The summed E-state index contributed by atoms with van der Waals surface area (Å²) in [6.45, 7) is 2.51. The molecule has 35 heavy (non-hydrogen) atoms. The first-order chi connectivity index (χ1) is 17.1. The quantitative estimate of drug-likeness (QED) is 0.287. The maximum atomic E-state index is 13.1. The standard InChI is InChI=1S/C28H22FN3O2S/c1-2-34-23-14-8-20(9-15-23)26-16-24(19-6-4-3-5-7-19)25(17-30)28(32-26)35-18-27(33)31-22-12-10-21(29)11-13-22/h3-16H,2,18H2,1H3,(H,31,33). The molecule has 1 amide bonds. The minimum absolute atomic E-state index is 0.0417. The van der Waals surface area contributed by atoms with Crippen LogP contribution in [-0.4, -0.2) is 23.3 Å². The van der Waals surface area contributed by atoms with Crippen LogP contribution in [0.3, 0.4) is 0 Å². The molecule has 0 fully saturated rings. The van der Waals surface area contributed by atoms with E-state index < -0.39 is 0 Å². The molecule has 0 unspecified atom stereocenters. The number of nitrogens with one attached hydrogen (secondary N) is 1. The molecule has 0 bridgehead atoms. The van der Waals surface area contributed by atoms with Gasteiger partial charge in [0.2, 0.25) is 5.91 Å². The van der Waals surface area contributed by atoms with Gasteiger partial charge in [-0.15, -0.1) is 0 Å². The Kier molecular flexibility index (Phi) is 7.76. The predicted molar refractivity (Wildman–Crippen MR) is 137 cm³/mol. The molecular weight excluding hydrogens is 461 g/mol. The van der Waals surface area contributed by atoms with Crippen LogP contribution in [0.2, 0.25) is 0 Å². The Morgan fingerprint density at radius 1 is 1.03 bits per heavy atom. The van der Waals surface area contributed by atoms with Crippen molar-refractivity contribution in [2.24, 2.45) is 0 Å². The molecule has 0 radical (unpaired) electrons. The van der Waals surface area contributed by atoms with E-state index in [1.807, 2.05) is 67.6 Å². The summed E-state index contributed by atoms with van der Waals surface area (Å²) < 4.78 is 18.7. The molecule has 1 N–H and O–H groups in total. The molecule has 7 heteroatoms. The van der Waals surface area contributed by atoms with E-state index in [9.17, 15) is 14.4 Å². The number of hydrogen-bond acceptors (Lipinski definition) is 5. The Balaban J connectivity index is 1.66. The monoisotopic (exact) mass is 483 g/mol. The topological polar surface area (TPSA) is 75.0 Å². The number of nitrogens with zero attached hydrogens (tertiary/aromatic N) is 2. The number of carbonyl (C=O) groups is 1. The van der Waals surface area contributed by atoms with Gasteiger partial charge < -0.3 is 10.1 Å². The highest BCUT2D eigenvalue weighted by atomic mass is 32.2. The van der Waals surface area contributed by atoms with E-state index >= 15 is 0 Å². The molecule has 0 aliphatic heterocycles. The molecular formula is C28H22FN3O2S. The molecule has 4 aromatic rings. The Morgan fingerprint density at radius 3 is 2.40 bits per heavy atom. The first kappa shape index (κ1) is 24.0. The zero-order valence-electron chi connectivity index (χ0n) is 19.0. The van der Waals surface area contributed by atoms with Gasteiger partial charge in [-0.3, -0.25) is 4.79 Å². The maximum Gasteiger partial charge on any atom is 0.234 e. The number of hydrogen-bond donors (Lipinski definition) is 1. The lowest BCUT2D eigenvalue weighted by molar-refractivity contribution is -0.113. The minimum Gasteiger partial charge on any atom is -0.494 e. The summed E-state index contributed by atoms with van der Waals surface area (Å²) in [6.07, 6.45) is 0. The molecule has 0 saturated carbocycles. The summed E-state index contributed by atoms with van der Waals surface area (Å²) in [7, 11) is 0. The second kappa shape index (κ2) is 11.3. The van der Waals surface area contributed by atoms with Crippen LogP contribution >= 0.6 is 11.8 Å². The summed E-state index contributed by atoms with van der Waals surface area (Å²) in [5.74, 6) is 0.153. The van der Waals surface area contributed by atoms with Crippen molar-refractivity contribution in [1.82, 2.24) is 4.98 Å². The zero-order chi connectivity index (χ0) is 24.6. The normalized spacial score (nSPS) is 10.4. The third kappa shape index (κ3) is 6.05. The van der Waals surface area contributed by atoms with Gasteiger partial charge >= 0.3 is 0 Å². The predicted octanol–water partition coefficient (Wildman–Crippen LogP) is 6.56. The number of benzene rings is 3. The Morgan fingerprint density at radius 2 is 1.74 bits per heavy atom. The zero-order valence-corrected chi connectivity index (χ0v) is 19.8. The number of thioether (sulfide) groups is 1. The number of anilines is 1. The second-order valence-corrected chi connectivity index (χ2v) is 8.48. The van der Waals surface area contributed by atoms with Gasteiger partial charge in [0.25, 0.3) is 0 Å². The number of ether oxygens (including phenoxy) is 1. The summed E-state index contributed by atoms with van der Waals surface area (Å²) in [6, 6.07) is 26.9. The summed E-state index contributed by atoms with van der Waals surface area (Å²) in [4.78, 5) is 17.3. The van der Waals surface area contributed by atoms with Gasteiger partial charge in [0.1, 0.15) is 22.7 Å². The SMILES string of the molecule is CCOc1ccc(-c2cc(-c3ccccc3)c(C#N)c(SCC(=O)Nc3ccc(F)cc3)n2)cc1. The number of rotatable bonds is 8.